The number of nitrogens with one attached hydrogen (secondary N) is 2. The molecule has 0 unspecified atom stereocenters. The van der Waals surface area contributed by atoms with E-state index in [0.29, 0.717) is 5.69 Å². The SMILES string of the molecule is O=C(CN1C(=O)CNCC1=O)Nc1ccccc1. The lowest BCUT2D eigenvalue weighted by atomic mass is 10.3. The number of rotatable bonds is 3. The Morgan fingerprint density at radius 1 is 1.17 bits per heavy atom. The molecule has 0 radical (unpaired) electrons. The van der Waals surface area contributed by atoms with Gasteiger partial charge in [0.05, 0.1) is 13.1 Å². The van der Waals surface area contributed by atoms with Gasteiger partial charge in [0.25, 0.3) is 0 Å². The summed E-state index contributed by atoms with van der Waals surface area (Å²) in [6, 6.07) is 8.88. The average molecular weight is 247 g/mol. The highest BCUT2D eigenvalue weighted by Gasteiger charge is 2.27. The highest BCUT2D eigenvalue weighted by atomic mass is 16.2. The molecular weight excluding hydrogens is 234 g/mol. The molecule has 1 aromatic rings. The summed E-state index contributed by atoms with van der Waals surface area (Å²) in [6.07, 6.45) is 0. The molecule has 1 aliphatic rings. The van der Waals surface area contributed by atoms with Crippen LogP contribution >= 0.6 is 0 Å². The van der Waals surface area contributed by atoms with Crippen molar-refractivity contribution in [2.24, 2.45) is 0 Å². The zero-order valence-electron chi connectivity index (χ0n) is 9.68. The molecule has 6 heteroatoms. The minimum Gasteiger partial charge on any atom is -0.325 e. The maximum Gasteiger partial charge on any atom is 0.244 e. The van der Waals surface area contributed by atoms with Crippen LogP contribution in [0.5, 0.6) is 0 Å². The molecule has 1 heterocycles. The number of anilines is 1. The van der Waals surface area contributed by atoms with Crippen molar-refractivity contribution in [3.8, 4) is 0 Å². The van der Waals surface area contributed by atoms with Crippen molar-refractivity contribution in [3.63, 3.8) is 0 Å². The standard InChI is InChI=1S/C12H13N3O3/c16-10(14-9-4-2-1-3-5-9)8-15-11(17)6-13-7-12(15)18/h1-5,13H,6-8H2,(H,14,16). The third-order valence-electron chi connectivity index (χ3n) is 2.51. The van der Waals surface area contributed by atoms with Crippen molar-refractivity contribution in [1.29, 1.82) is 0 Å². The Labute approximate surface area is 104 Å². The number of amides is 3. The number of benzene rings is 1. The van der Waals surface area contributed by atoms with E-state index < -0.39 is 0 Å². The number of hydrogen-bond donors (Lipinski definition) is 2. The second kappa shape index (κ2) is 5.42. The molecular formula is C12H13N3O3. The predicted molar refractivity (Wildman–Crippen MR) is 64.7 cm³/mol. The van der Waals surface area contributed by atoms with Gasteiger partial charge in [-0.3, -0.25) is 24.6 Å². The molecule has 2 N–H and O–H groups in total. The fourth-order valence-electron chi connectivity index (χ4n) is 1.65. The van der Waals surface area contributed by atoms with Crippen LogP contribution in [0.3, 0.4) is 0 Å². The van der Waals surface area contributed by atoms with Crippen LogP contribution in [0.1, 0.15) is 0 Å². The summed E-state index contributed by atoms with van der Waals surface area (Å²) in [5, 5.41) is 5.29. The molecule has 3 amide bonds. The van der Waals surface area contributed by atoms with E-state index in [-0.39, 0.29) is 37.4 Å². The van der Waals surface area contributed by atoms with Gasteiger partial charge in [-0.25, -0.2) is 0 Å². The number of para-hydroxylation sites is 1. The van der Waals surface area contributed by atoms with E-state index in [1.807, 2.05) is 6.07 Å². The van der Waals surface area contributed by atoms with Gasteiger partial charge in [0.15, 0.2) is 0 Å². The lowest BCUT2D eigenvalue weighted by Gasteiger charge is -2.24. The lowest BCUT2D eigenvalue weighted by Crippen LogP contribution is -2.54. The van der Waals surface area contributed by atoms with E-state index in [9.17, 15) is 14.4 Å². The maximum atomic E-state index is 11.7. The van der Waals surface area contributed by atoms with Crippen molar-refractivity contribution in [2.75, 3.05) is 25.0 Å². The summed E-state index contributed by atoms with van der Waals surface area (Å²) >= 11 is 0. The smallest absolute Gasteiger partial charge is 0.244 e. The molecule has 0 aromatic heterocycles. The molecule has 1 fully saturated rings. The van der Waals surface area contributed by atoms with E-state index in [4.69, 9.17) is 0 Å². The number of carbonyl (C=O) groups excluding carboxylic acids is 3. The minimum absolute atomic E-state index is 0.0877. The molecule has 94 valence electrons. The Balaban J connectivity index is 1.94. The summed E-state index contributed by atoms with van der Waals surface area (Å²) < 4.78 is 0. The lowest BCUT2D eigenvalue weighted by molar-refractivity contribution is -0.148. The number of piperazine rings is 1. The zero-order valence-corrected chi connectivity index (χ0v) is 9.68. The van der Waals surface area contributed by atoms with Crippen LogP contribution in [0.4, 0.5) is 5.69 Å². The molecule has 0 aliphatic carbocycles. The van der Waals surface area contributed by atoms with Crippen molar-refractivity contribution >= 4 is 23.4 Å². The third kappa shape index (κ3) is 2.92. The van der Waals surface area contributed by atoms with Crippen molar-refractivity contribution in [2.45, 2.75) is 0 Å². The molecule has 6 nitrogen and oxygen atoms in total. The minimum atomic E-state index is -0.384. The first-order valence-corrected chi connectivity index (χ1v) is 5.55. The van der Waals surface area contributed by atoms with Crippen LogP contribution in [0.15, 0.2) is 30.3 Å². The summed E-state index contributed by atoms with van der Waals surface area (Å²) in [5.74, 6) is -1.14. The Morgan fingerprint density at radius 2 is 1.78 bits per heavy atom. The summed E-state index contributed by atoms with van der Waals surface area (Å²) in [5.41, 5.74) is 0.637. The van der Waals surface area contributed by atoms with Gasteiger partial charge in [0.1, 0.15) is 6.54 Å². The predicted octanol–water partition coefficient (Wildman–Crippen LogP) is -0.416. The van der Waals surface area contributed by atoms with E-state index in [0.717, 1.165) is 4.90 Å². The normalized spacial score (nSPS) is 15.7. The van der Waals surface area contributed by atoms with E-state index in [1.54, 1.807) is 24.3 Å². The Kier molecular flexibility index (Phi) is 3.69. The fourth-order valence-corrected chi connectivity index (χ4v) is 1.65. The summed E-state index contributed by atoms with van der Waals surface area (Å²) in [7, 11) is 0. The highest BCUT2D eigenvalue weighted by molar-refractivity contribution is 6.04. The molecule has 1 aliphatic heterocycles. The maximum absolute atomic E-state index is 11.7. The van der Waals surface area contributed by atoms with Gasteiger partial charge >= 0.3 is 0 Å². The van der Waals surface area contributed by atoms with Crippen LogP contribution in [0, 0.1) is 0 Å². The first-order chi connectivity index (χ1) is 8.66. The monoisotopic (exact) mass is 247 g/mol. The average Bonchev–Trinajstić information content (AvgIpc) is 2.35. The quantitative estimate of drug-likeness (QED) is 0.711. The van der Waals surface area contributed by atoms with Crippen molar-refractivity contribution in [3.05, 3.63) is 30.3 Å². The van der Waals surface area contributed by atoms with Gasteiger partial charge in [-0.2, -0.15) is 0 Å². The van der Waals surface area contributed by atoms with Gasteiger partial charge in [0.2, 0.25) is 17.7 Å². The topological polar surface area (TPSA) is 78.5 Å². The molecule has 1 aromatic carbocycles. The second-order valence-corrected chi connectivity index (χ2v) is 3.89. The molecule has 2 rings (SSSR count). The largest absolute Gasteiger partial charge is 0.325 e. The fraction of sp³-hybridized carbons (Fsp3) is 0.250. The molecule has 1 saturated heterocycles. The van der Waals surface area contributed by atoms with Gasteiger partial charge in [0, 0.05) is 5.69 Å². The van der Waals surface area contributed by atoms with Crippen molar-refractivity contribution < 1.29 is 14.4 Å². The number of hydrogen-bond acceptors (Lipinski definition) is 4. The van der Waals surface area contributed by atoms with Crippen LogP contribution in [0.2, 0.25) is 0 Å². The first kappa shape index (κ1) is 12.3. The Bertz CT molecular complexity index is 457. The Hall–Kier alpha value is -2.21. The van der Waals surface area contributed by atoms with Crippen LogP contribution in [-0.2, 0) is 14.4 Å². The van der Waals surface area contributed by atoms with Crippen LogP contribution in [0.25, 0.3) is 0 Å². The highest BCUT2D eigenvalue weighted by Crippen LogP contribution is 2.05. The summed E-state index contributed by atoms with van der Waals surface area (Å²) in [4.78, 5) is 35.6. The number of imide groups is 1. The summed E-state index contributed by atoms with van der Waals surface area (Å²) in [6.45, 7) is -0.0665. The molecule has 0 spiro atoms. The molecule has 0 atom stereocenters. The number of carbonyl (C=O) groups is 3. The van der Waals surface area contributed by atoms with Gasteiger partial charge in [-0.15, -0.1) is 0 Å². The van der Waals surface area contributed by atoms with E-state index >= 15 is 0 Å². The first-order valence-electron chi connectivity index (χ1n) is 5.55. The van der Waals surface area contributed by atoms with Crippen LogP contribution in [-0.4, -0.2) is 42.3 Å². The van der Waals surface area contributed by atoms with E-state index in [1.165, 1.54) is 0 Å². The molecule has 0 saturated carbocycles. The molecule has 0 bridgehead atoms. The van der Waals surface area contributed by atoms with Gasteiger partial charge < -0.3 is 5.32 Å². The second-order valence-electron chi connectivity index (χ2n) is 3.89. The third-order valence-corrected chi connectivity index (χ3v) is 2.51. The zero-order chi connectivity index (χ0) is 13.0. The van der Waals surface area contributed by atoms with Crippen LogP contribution < -0.4 is 10.6 Å². The van der Waals surface area contributed by atoms with Gasteiger partial charge in [-0.1, -0.05) is 18.2 Å². The van der Waals surface area contributed by atoms with E-state index in [2.05, 4.69) is 10.6 Å². The van der Waals surface area contributed by atoms with Gasteiger partial charge in [-0.05, 0) is 12.1 Å². The Morgan fingerprint density at radius 3 is 2.39 bits per heavy atom. The van der Waals surface area contributed by atoms with Crippen molar-refractivity contribution in [1.82, 2.24) is 10.2 Å². The number of nitrogens with zero attached hydrogens (tertiary/aromatic N) is 1. The molecule has 18 heavy (non-hydrogen) atoms.